The van der Waals surface area contributed by atoms with Crippen LogP contribution in [0.3, 0.4) is 0 Å². The van der Waals surface area contributed by atoms with Gasteiger partial charge in [0.2, 0.25) is 0 Å². The summed E-state index contributed by atoms with van der Waals surface area (Å²) in [5.41, 5.74) is 1.73. The second-order valence-corrected chi connectivity index (χ2v) is 5.37. The van der Waals surface area contributed by atoms with Crippen LogP contribution in [0, 0.1) is 0 Å². The lowest BCUT2D eigenvalue weighted by molar-refractivity contribution is 0.189. The maximum absolute atomic E-state index is 9.80. The monoisotopic (exact) mass is 336 g/mol. The molecule has 2 rings (SSSR count). The van der Waals surface area contributed by atoms with Crippen molar-refractivity contribution < 1.29 is 14.6 Å². The largest absolute Gasteiger partial charge is 0.496 e. The minimum absolute atomic E-state index is 0.394. The van der Waals surface area contributed by atoms with Gasteiger partial charge in [-0.2, -0.15) is 0 Å². The molecule has 0 spiro atoms. The number of ether oxygens (including phenoxy) is 2. The first kappa shape index (κ1) is 14.9. The van der Waals surface area contributed by atoms with Crippen molar-refractivity contribution in [3.8, 4) is 11.5 Å². The molecule has 0 fully saturated rings. The highest BCUT2D eigenvalue weighted by Gasteiger charge is 2.11. The molecule has 2 aromatic carbocycles. The van der Waals surface area contributed by atoms with E-state index in [-0.39, 0.29) is 0 Å². The van der Waals surface area contributed by atoms with Crippen LogP contribution in [-0.4, -0.2) is 12.2 Å². The molecule has 1 atom stereocenters. The fourth-order valence-electron chi connectivity index (χ4n) is 1.95. The third-order valence-electron chi connectivity index (χ3n) is 3.00. The predicted molar refractivity (Wildman–Crippen MR) is 82.1 cm³/mol. The fraction of sp³-hybridized carbons (Fsp3) is 0.250. The summed E-state index contributed by atoms with van der Waals surface area (Å²) in [5, 5.41) is 9.80. The SMILES string of the molecule is COc1ccccc1COc1ccc(Br)cc1C(C)O. The Hall–Kier alpha value is -1.52. The topological polar surface area (TPSA) is 38.7 Å². The van der Waals surface area contributed by atoms with Gasteiger partial charge in [-0.3, -0.25) is 0 Å². The van der Waals surface area contributed by atoms with Gasteiger partial charge in [0, 0.05) is 15.6 Å². The number of hydrogen-bond donors (Lipinski definition) is 1. The lowest BCUT2D eigenvalue weighted by Crippen LogP contribution is -2.02. The van der Waals surface area contributed by atoms with E-state index in [4.69, 9.17) is 9.47 Å². The quantitative estimate of drug-likeness (QED) is 0.893. The van der Waals surface area contributed by atoms with Gasteiger partial charge in [0.1, 0.15) is 18.1 Å². The molecule has 0 radical (unpaired) electrons. The van der Waals surface area contributed by atoms with E-state index in [2.05, 4.69) is 15.9 Å². The maximum atomic E-state index is 9.80. The molecule has 2 aromatic rings. The number of aliphatic hydroxyl groups is 1. The number of halogens is 1. The lowest BCUT2D eigenvalue weighted by Gasteiger charge is -2.15. The third-order valence-corrected chi connectivity index (χ3v) is 3.49. The van der Waals surface area contributed by atoms with Crippen LogP contribution < -0.4 is 9.47 Å². The summed E-state index contributed by atoms with van der Waals surface area (Å²) in [4.78, 5) is 0. The maximum Gasteiger partial charge on any atom is 0.125 e. The standard InChI is InChI=1S/C16H17BrO3/c1-11(18)14-9-13(17)7-8-16(14)20-10-12-5-3-4-6-15(12)19-2/h3-9,11,18H,10H2,1-2H3. The zero-order chi connectivity index (χ0) is 14.5. The summed E-state index contributed by atoms with van der Waals surface area (Å²) >= 11 is 3.40. The molecule has 0 bridgehead atoms. The molecule has 0 saturated carbocycles. The first-order chi connectivity index (χ1) is 9.61. The molecular formula is C16H17BrO3. The molecule has 0 aliphatic rings. The number of rotatable bonds is 5. The van der Waals surface area contributed by atoms with Gasteiger partial charge in [0.15, 0.2) is 0 Å². The molecule has 0 heterocycles. The smallest absolute Gasteiger partial charge is 0.125 e. The van der Waals surface area contributed by atoms with Crippen LogP contribution in [0.25, 0.3) is 0 Å². The average molecular weight is 337 g/mol. The van der Waals surface area contributed by atoms with Crippen molar-refractivity contribution in [3.63, 3.8) is 0 Å². The Kier molecular flexibility index (Phi) is 5.04. The van der Waals surface area contributed by atoms with Crippen molar-refractivity contribution in [2.24, 2.45) is 0 Å². The Morgan fingerprint density at radius 2 is 1.90 bits per heavy atom. The van der Waals surface area contributed by atoms with Crippen LogP contribution in [0.5, 0.6) is 11.5 Å². The molecule has 0 amide bonds. The lowest BCUT2D eigenvalue weighted by atomic mass is 10.1. The van der Waals surface area contributed by atoms with Crippen LogP contribution in [0.4, 0.5) is 0 Å². The molecule has 1 N–H and O–H groups in total. The normalized spacial score (nSPS) is 12.0. The van der Waals surface area contributed by atoms with Crippen LogP contribution in [0.1, 0.15) is 24.2 Å². The zero-order valence-corrected chi connectivity index (χ0v) is 13.1. The van der Waals surface area contributed by atoms with E-state index < -0.39 is 6.10 Å². The molecule has 0 aliphatic heterocycles. The Balaban J connectivity index is 2.19. The van der Waals surface area contributed by atoms with Gasteiger partial charge in [-0.1, -0.05) is 34.1 Å². The van der Waals surface area contributed by atoms with E-state index in [1.54, 1.807) is 14.0 Å². The fourth-order valence-corrected chi connectivity index (χ4v) is 2.33. The third kappa shape index (κ3) is 3.52. The first-order valence-corrected chi connectivity index (χ1v) is 7.13. The highest BCUT2D eigenvalue weighted by atomic mass is 79.9. The number of hydrogen-bond acceptors (Lipinski definition) is 3. The Morgan fingerprint density at radius 3 is 2.60 bits per heavy atom. The molecule has 0 aromatic heterocycles. The van der Waals surface area contributed by atoms with Crippen LogP contribution >= 0.6 is 15.9 Å². The minimum atomic E-state index is -0.583. The minimum Gasteiger partial charge on any atom is -0.496 e. The van der Waals surface area contributed by atoms with Crippen molar-refractivity contribution >= 4 is 15.9 Å². The van der Waals surface area contributed by atoms with E-state index in [0.29, 0.717) is 12.4 Å². The first-order valence-electron chi connectivity index (χ1n) is 6.34. The molecule has 0 saturated heterocycles. The molecular weight excluding hydrogens is 320 g/mol. The summed E-state index contributed by atoms with van der Waals surface area (Å²) in [6.45, 7) is 2.11. The van der Waals surface area contributed by atoms with Gasteiger partial charge >= 0.3 is 0 Å². The average Bonchev–Trinajstić information content (AvgIpc) is 2.46. The Labute approximate surface area is 127 Å². The summed E-state index contributed by atoms with van der Waals surface area (Å²) in [6, 6.07) is 13.3. The Morgan fingerprint density at radius 1 is 1.15 bits per heavy atom. The van der Waals surface area contributed by atoms with E-state index in [9.17, 15) is 5.11 Å². The molecule has 106 valence electrons. The van der Waals surface area contributed by atoms with Gasteiger partial charge in [0.05, 0.1) is 13.2 Å². The molecule has 1 unspecified atom stereocenters. The van der Waals surface area contributed by atoms with Gasteiger partial charge in [-0.05, 0) is 31.2 Å². The van der Waals surface area contributed by atoms with E-state index >= 15 is 0 Å². The summed E-state index contributed by atoms with van der Waals surface area (Å²) in [6.07, 6.45) is -0.583. The second-order valence-electron chi connectivity index (χ2n) is 4.46. The van der Waals surface area contributed by atoms with E-state index in [0.717, 1.165) is 21.3 Å². The summed E-state index contributed by atoms with van der Waals surface area (Å²) in [5.74, 6) is 1.47. The van der Waals surface area contributed by atoms with Crippen molar-refractivity contribution in [2.45, 2.75) is 19.6 Å². The molecule has 3 nitrogen and oxygen atoms in total. The Bertz CT molecular complexity index is 582. The van der Waals surface area contributed by atoms with Crippen molar-refractivity contribution in [3.05, 3.63) is 58.1 Å². The highest BCUT2D eigenvalue weighted by Crippen LogP contribution is 2.30. The van der Waals surface area contributed by atoms with Crippen LogP contribution in [-0.2, 0) is 6.61 Å². The van der Waals surface area contributed by atoms with Gasteiger partial charge in [0.25, 0.3) is 0 Å². The van der Waals surface area contributed by atoms with E-state index in [1.807, 2.05) is 42.5 Å². The zero-order valence-electron chi connectivity index (χ0n) is 11.5. The van der Waals surface area contributed by atoms with Crippen LogP contribution in [0.2, 0.25) is 0 Å². The highest BCUT2D eigenvalue weighted by molar-refractivity contribution is 9.10. The van der Waals surface area contributed by atoms with Gasteiger partial charge in [-0.25, -0.2) is 0 Å². The van der Waals surface area contributed by atoms with Gasteiger partial charge in [-0.15, -0.1) is 0 Å². The second kappa shape index (κ2) is 6.77. The predicted octanol–water partition coefficient (Wildman–Crippen LogP) is 4.09. The summed E-state index contributed by atoms with van der Waals surface area (Å²) in [7, 11) is 1.64. The number of para-hydroxylation sites is 1. The number of aliphatic hydroxyl groups excluding tert-OH is 1. The summed E-state index contributed by atoms with van der Waals surface area (Å²) < 4.78 is 12.0. The molecule has 4 heteroatoms. The number of benzene rings is 2. The van der Waals surface area contributed by atoms with Crippen molar-refractivity contribution in [1.29, 1.82) is 0 Å². The molecule has 20 heavy (non-hydrogen) atoms. The van der Waals surface area contributed by atoms with Gasteiger partial charge < -0.3 is 14.6 Å². The van der Waals surface area contributed by atoms with Crippen LogP contribution in [0.15, 0.2) is 46.9 Å². The van der Waals surface area contributed by atoms with Crippen molar-refractivity contribution in [2.75, 3.05) is 7.11 Å². The number of methoxy groups -OCH3 is 1. The van der Waals surface area contributed by atoms with Crippen molar-refractivity contribution in [1.82, 2.24) is 0 Å². The van der Waals surface area contributed by atoms with E-state index in [1.165, 1.54) is 0 Å². The molecule has 0 aliphatic carbocycles.